The lowest BCUT2D eigenvalue weighted by Crippen LogP contribution is -2.31. The van der Waals surface area contributed by atoms with Crippen molar-refractivity contribution in [2.75, 3.05) is 14.2 Å². The number of hydrogen-bond donors (Lipinski definition) is 3. The van der Waals surface area contributed by atoms with Gasteiger partial charge in [-0.05, 0) is 24.7 Å². The van der Waals surface area contributed by atoms with Crippen molar-refractivity contribution in [3.05, 3.63) is 23.8 Å². The second-order valence-electron chi connectivity index (χ2n) is 3.06. The number of benzene rings is 1. The molecule has 1 atom stereocenters. The number of phenolic OH excluding ortho intramolecular Hbond substituents is 1. The summed E-state index contributed by atoms with van der Waals surface area (Å²) in [6.07, 6.45) is 0. The minimum atomic E-state index is -0.584. The molecule has 15 heavy (non-hydrogen) atoms. The number of amides is 1. The van der Waals surface area contributed by atoms with Crippen molar-refractivity contribution in [1.29, 1.82) is 0 Å². The highest BCUT2D eigenvalue weighted by Gasteiger charge is 2.16. The fourth-order valence-corrected chi connectivity index (χ4v) is 1.35. The fraction of sp³-hybridized carbons (Fsp3) is 0.300. The average Bonchev–Trinajstić information content (AvgIpc) is 2.21. The Balaban J connectivity index is 3.09. The van der Waals surface area contributed by atoms with Gasteiger partial charge in [-0.2, -0.15) is 0 Å². The van der Waals surface area contributed by atoms with Crippen molar-refractivity contribution in [2.45, 2.75) is 6.04 Å². The second-order valence-corrected chi connectivity index (χ2v) is 3.06. The minimum absolute atomic E-state index is 0.0283. The van der Waals surface area contributed by atoms with E-state index in [0.717, 1.165) is 0 Å². The molecule has 5 heteroatoms. The number of aromatic hydroxyl groups is 1. The van der Waals surface area contributed by atoms with E-state index < -0.39 is 11.9 Å². The van der Waals surface area contributed by atoms with Crippen LogP contribution in [0.1, 0.15) is 11.6 Å². The summed E-state index contributed by atoms with van der Waals surface area (Å²) >= 11 is 0. The van der Waals surface area contributed by atoms with Crippen molar-refractivity contribution >= 4 is 5.91 Å². The largest absolute Gasteiger partial charge is 0.504 e. The SMILES string of the molecule is CNC(C(N)=O)c1ccc(O)c(OC)c1. The summed E-state index contributed by atoms with van der Waals surface area (Å²) in [5.41, 5.74) is 5.86. The molecule has 0 aliphatic carbocycles. The highest BCUT2D eigenvalue weighted by atomic mass is 16.5. The van der Waals surface area contributed by atoms with E-state index in [-0.39, 0.29) is 5.75 Å². The molecule has 0 aliphatic heterocycles. The summed E-state index contributed by atoms with van der Waals surface area (Å²) in [5.74, 6) is -0.139. The van der Waals surface area contributed by atoms with Crippen LogP contribution in [0.3, 0.4) is 0 Å². The molecule has 0 fully saturated rings. The van der Waals surface area contributed by atoms with Crippen LogP contribution in [-0.2, 0) is 4.79 Å². The first-order valence-corrected chi connectivity index (χ1v) is 4.43. The molecule has 5 nitrogen and oxygen atoms in total. The van der Waals surface area contributed by atoms with Gasteiger partial charge >= 0.3 is 0 Å². The Morgan fingerprint density at radius 1 is 1.60 bits per heavy atom. The van der Waals surface area contributed by atoms with Crippen LogP contribution >= 0.6 is 0 Å². The van der Waals surface area contributed by atoms with E-state index in [1.54, 1.807) is 19.2 Å². The smallest absolute Gasteiger partial charge is 0.239 e. The average molecular weight is 210 g/mol. The number of hydrogen-bond acceptors (Lipinski definition) is 4. The van der Waals surface area contributed by atoms with Gasteiger partial charge in [-0.1, -0.05) is 6.07 Å². The second kappa shape index (κ2) is 4.65. The summed E-state index contributed by atoms with van der Waals surface area (Å²) < 4.78 is 4.93. The quantitative estimate of drug-likeness (QED) is 0.660. The van der Waals surface area contributed by atoms with Gasteiger partial charge in [0.05, 0.1) is 7.11 Å². The number of rotatable bonds is 4. The number of primary amides is 1. The van der Waals surface area contributed by atoms with E-state index in [0.29, 0.717) is 11.3 Å². The molecule has 0 heterocycles. The van der Waals surface area contributed by atoms with Gasteiger partial charge in [0.25, 0.3) is 0 Å². The topological polar surface area (TPSA) is 84.6 Å². The maximum atomic E-state index is 11.1. The van der Waals surface area contributed by atoms with Crippen LogP contribution in [0.2, 0.25) is 0 Å². The van der Waals surface area contributed by atoms with E-state index in [1.807, 2.05) is 0 Å². The molecule has 1 aromatic carbocycles. The van der Waals surface area contributed by atoms with Crippen LogP contribution in [0.4, 0.5) is 0 Å². The molecule has 4 N–H and O–H groups in total. The van der Waals surface area contributed by atoms with E-state index in [9.17, 15) is 9.90 Å². The lowest BCUT2D eigenvalue weighted by atomic mass is 10.1. The molecule has 0 aliphatic rings. The van der Waals surface area contributed by atoms with Crippen LogP contribution in [0.15, 0.2) is 18.2 Å². The molecule has 1 unspecified atom stereocenters. The monoisotopic (exact) mass is 210 g/mol. The van der Waals surface area contributed by atoms with E-state index in [1.165, 1.54) is 13.2 Å². The first-order chi connectivity index (χ1) is 7.10. The highest BCUT2D eigenvalue weighted by Crippen LogP contribution is 2.28. The highest BCUT2D eigenvalue weighted by molar-refractivity contribution is 5.81. The van der Waals surface area contributed by atoms with Crippen LogP contribution < -0.4 is 15.8 Å². The Morgan fingerprint density at radius 3 is 2.73 bits per heavy atom. The zero-order chi connectivity index (χ0) is 11.4. The van der Waals surface area contributed by atoms with Gasteiger partial charge in [0.15, 0.2) is 11.5 Å². The zero-order valence-electron chi connectivity index (χ0n) is 8.65. The number of methoxy groups -OCH3 is 1. The molecular weight excluding hydrogens is 196 g/mol. The van der Waals surface area contributed by atoms with Crippen LogP contribution in [0.5, 0.6) is 11.5 Å². The van der Waals surface area contributed by atoms with Gasteiger partial charge < -0.3 is 20.9 Å². The Bertz CT molecular complexity index is 366. The Hall–Kier alpha value is -1.75. The van der Waals surface area contributed by atoms with Crippen molar-refractivity contribution in [2.24, 2.45) is 5.73 Å². The molecule has 0 saturated heterocycles. The molecular formula is C10H14N2O3. The summed E-state index contributed by atoms with van der Waals surface area (Å²) in [6, 6.07) is 4.06. The van der Waals surface area contributed by atoms with Gasteiger partial charge in [-0.15, -0.1) is 0 Å². The molecule has 0 saturated carbocycles. The predicted octanol–water partition coefficient (Wildman–Crippen LogP) is 0.147. The Kier molecular flexibility index (Phi) is 3.51. The Labute approximate surface area is 87.9 Å². The van der Waals surface area contributed by atoms with Gasteiger partial charge in [0.2, 0.25) is 5.91 Å². The third-order valence-corrected chi connectivity index (χ3v) is 2.11. The number of nitrogens with two attached hydrogens (primary N) is 1. The third-order valence-electron chi connectivity index (χ3n) is 2.11. The normalized spacial score (nSPS) is 12.1. The number of nitrogens with one attached hydrogen (secondary N) is 1. The van der Waals surface area contributed by atoms with Crippen molar-refractivity contribution in [1.82, 2.24) is 5.32 Å². The molecule has 1 aromatic rings. The number of likely N-dealkylation sites (N-methyl/N-ethyl adjacent to an activating group) is 1. The molecule has 82 valence electrons. The lowest BCUT2D eigenvalue weighted by molar-refractivity contribution is -0.120. The van der Waals surface area contributed by atoms with Crippen LogP contribution in [0, 0.1) is 0 Å². The van der Waals surface area contributed by atoms with Gasteiger partial charge in [0, 0.05) is 0 Å². The van der Waals surface area contributed by atoms with E-state index in [4.69, 9.17) is 10.5 Å². The molecule has 0 bridgehead atoms. The van der Waals surface area contributed by atoms with Gasteiger partial charge in [0.1, 0.15) is 6.04 Å². The zero-order valence-corrected chi connectivity index (χ0v) is 8.65. The number of carbonyl (C=O) groups excluding carboxylic acids is 1. The van der Waals surface area contributed by atoms with Crippen molar-refractivity contribution in [3.63, 3.8) is 0 Å². The van der Waals surface area contributed by atoms with E-state index in [2.05, 4.69) is 5.32 Å². The number of ether oxygens (including phenoxy) is 1. The van der Waals surface area contributed by atoms with Crippen molar-refractivity contribution < 1.29 is 14.6 Å². The lowest BCUT2D eigenvalue weighted by Gasteiger charge is -2.14. The third kappa shape index (κ3) is 2.38. The maximum Gasteiger partial charge on any atom is 0.239 e. The molecule has 1 amide bonds. The number of carbonyl (C=O) groups is 1. The van der Waals surface area contributed by atoms with Crippen LogP contribution in [0.25, 0.3) is 0 Å². The number of phenols is 1. The van der Waals surface area contributed by atoms with Gasteiger partial charge in [-0.3, -0.25) is 4.79 Å². The minimum Gasteiger partial charge on any atom is -0.504 e. The van der Waals surface area contributed by atoms with Crippen molar-refractivity contribution in [3.8, 4) is 11.5 Å². The molecule has 0 spiro atoms. The Morgan fingerprint density at radius 2 is 2.27 bits per heavy atom. The molecule has 0 radical (unpaired) electrons. The standard InChI is InChI=1S/C10H14N2O3/c1-12-9(10(11)14)6-3-4-7(13)8(5-6)15-2/h3-5,9,12-13H,1-2H3,(H2,11,14). The maximum absolute atomic E-state index is 11.1. The first kappa shape index (κ1) is 11.3. The summed E-state index contributed by atoms with van der Waals surface area (Å²) in [6.45, 7) is 0. The summed E-state index contributed by atoms with van der Waals surface area (Å²) in [7, 11) is 3.08. The molecule has 0 aromatic heterocycles. The first-order valence-electron chi connectivity index (χ1n) is 4.43. The summed E-state index contributed by atoms with van der Waals surface area (Å²) in [5, 5.41) is 12.1. The summed E-state index contributed by atoms with van der Waals surface area (Å²) in [4.78, 5) is 11.1. The predicted molar refractivity (Wildman–Crippen MR) is 55.7 cm³/mol. The van der Waals surface area contributed by atoms with E-state index >= 15 is 0 Å². The van der Waals surface area contributed by atoms with Gasteiger partial charge in [-0.25, -0.2) is 0 Å². The molecule has 1 rings (SSSR count). The fourth-order valence-electron chi connectivity index (χ4n) is 1.35. The van der Waals surface area contributed by atoms with Crippen LogP contribution in [-0.4, -0.2) is 25.2 Å².